The fourth-order valence-corrected chi connectivity index (χ4v) is 1.51. The Hall–Kier alpha value is -2.64. The van der Waals surface area contributed by atoms with Crippen LogP contribution in [0, 0.1) is 24.2 Å². The van der Waals surface area contributed by atoms with Crippen LogP contribution in [0.5, 0.6) is 5.75 Å². The van der Waals surface area contributed by atoms with Crippen molar-refractivity contribution >= 4 is 0 Å². The topological polar surface area (TPSA) is 9.23 Å². The largest absolute Gasteiger partial charge is 0.497 e. The van der Waals surface area contributed by atoms with Crippen LogP contribution in [0.1, 0.15) is 16.7 Å². The molecule has 0 aliphatic rings. The Balaban J connectivity index is 2.22. The minimum atomic E-state index is 0.829. The molecule has 1 nitrogen and oxygen atoms in total. The number of ether oxygens (including phenoxy) is 1. The van der Waals surface area contributed by atoms with Crippen LogP contribution < -0.4 is 4.74 Å². The molecule has 0 spiro atoms. The Labute approximate surface area is 107 Å². The van der Waals surface area contributed by atoms with E-state index in [0.717, 1.165) is 22.4 Å². The molecule has 0 N–H and O–H groups in total. The van der Waals surface area contributed by atoms with E-state index in [4.69, 9.17) is 11.2 Å². The maximum atomic E-state index is 5.35. The molecule has 1 heteroatoms. The molecule has 0 amide bonds. The van der Waals surface area contributed by atoms with Crippen LogP contribution in [0.3, 0.4) is 0 Å². The summed E-state index contributed by atoms with van der Waals surface area (Å²) in [6.07, 6.45) is 5.35. The number of rotatable bonds is 1. The molecule has 2 aromatic rings. The highest BCUT2D eigenvalue weighted by atomic mass is 16.5. The second-order valence-electron chi connectivity index (χ2n) is 3.70. The molecular weight excluding hydrogens is 220 g/mol. The third kappa shape index (κ3) is 2.94. The fourth-order valence-electron chi connectivity index (χ4n) is 1.51. The van der Waals surface area contributed by atoms with Crippen LogP contribution in [-0.4, -0.2) is 7.11 Å². The lowest BCUT2D eigenvalue weighted by atomic mass is 10.1. The molecule has 0 aliphatic heterocycles. The lowest BCUT2D eigenvalue weighted by molar-refractivity contribution is 0.415. The van der Waals surface area contributed by atoms with E-state index in [0.29, 0.717) is 0 Å². The highest BCUT2D eigenvalue weighted by Crippen LogP contribution is 2.10. The Kier molecular flexibility index (Phi) is 3.69. The van der Waals surface area contributed by atoms with Crippen molar-refractivity contribution in [3.63, 3.8) is 0 Å². The van der Waals surface area contributed by atoms with E-state index in [9.17, 15) is 0 Å². The number of hydrogen-bond donors (Lipinski definition) is 0. The Morgan fingerprint density at radius 1 is 0.889 bits per heavy atom. The minimum Gasteiger partial charge on any atom is -0.497 e. The van der Waals surface area contributed by atoms with Crippen LogP contribution in [0.4, 0.5) is 0 Å². The predicted octanol–water partition coefficient (Wildman–Crippen LogP) is 3.08. The van der Waals surface area contributed by atoms with E-state index in [1.165, 1.54) is 0 Å². The van der Waals surface area contributed by atoms with Gasteiger partial charge in [0.1, 0.15) is 5.75 Å². The zero-order valence-corrected chi connectivity index (χ0v) is 10.1. The quantitative estimate of drug-likeness (QED) is 0.687. The van der Waals surface area contributed by atoms with Crippen molar-refractivity contribution < 1.29 is 4.74 Å². The van der Waals surface area contributed by atoms with Crippen LogP contribution in [-0.2, 0) is 0 Å². The van der Waals surface area contributed by atoms with E-state index in [1.807, 2.05) is 48.5 Å². The van der Waals surface area contributed by atoms with Gasteiger partial charge in [-0.1, -0.05) is 23.8 Å². The molecule has 0 radical (unpaired) electrons. The van der Waals surface area contributed by atoms with Crippen molar-refractivity contribution in [2.75, 3.05) is 7.11 Å². The first-order chi connectivity index (χ1) is 8.81. The average Bonchev–Trinajstić information content (AvgIpc) is 2.46. The Morgan fingerprint density at radius 2 is 1.56 bits per heavy atom. The summed E-state index contributed by atoms with van der Waals surface area (Å²) < 4.78 is 5.09. The molecule has 0 atom stereocenters. The molecule has 18 heavy (non-hydrogen) atoms. The lowest BCUT2D eigenvalue weighted by Crippen LogP contribution is -1.82. The normalized spacial score (nSPS) is 8.89. The monoisotopic (exact) mass is 232 g/mol. The van der Waals surface area contributed by atoms with Crippen LogP contribution >= 0.6 is 0 Å². The third-order valence-electron chi connectivity index (χ3n) is 2.47. The second-order valence-corrected chi connectivity index (χ2v) is 3.70. The van der Waals surface area contributed by atoms with Gasteiger partial charge in [0.05, 0.1) is 7.11 Å². The summed E-state index contributed by atoms with van der Waals surface area (Å²) in [6, 6.07) is 15.3. The van der Waals surface area contributed by atoms with Gasteiger partial charge in [0.15, 0.2) is 0 Å². The zero-order chi connectivity index (χ0) is 12.8. The number of methoxy groups -OCH3 is 1. The van der Waals surface area contributed by atoms with Crippen LogP contribution in [0.2, 0.25) is 0 Å². The molecular formula is C17H12O. The SMILES string of the molecule is C#Cc1cccc(C#Cc2ccc(OC)cc2)c1. The smallest absolute Gasteiger partial charge is 0.118 e. The maximum absolute atomic E-state index is 5.35. The average molecular weight is 232 g/mol. The van der Waals surface area contributed by atoms with Crippen LogP contribution in [0.25, 0.3) is 0 Å². The summed E-state index contributed by atoms with van der Waals surface area (Å²) in [5.41, 5.74) is 2.71. The number of terminal acetylenes is 1. The van der Waals surface area contributed by atoms with Gasteiger partial charge in [-0.05, 0) is 42.5 Å². The van der Waals surface area contributed by atoms with Crippen molar-refractivity contribution in [3.05, 3.63) is 65.2 Å². The van der Waals surface area contributed by atoms with Gasteiger partial charge in [0.25, 0.3) is 0 Å². The van der Waals surface area contributed by atoms with E-state index in [2.05, 4.69) is 17.8 Å². The Morgan fingerprint density at radius 3 is 2.22 bits per heavy atom. The summed E-state index contributed by atoms with van der Waals surface area (Å²) in [5, 5.41) is 0. The van der Waals surface area contributed by atoms with Crippen molar-refractivity contribution in [2.45, 2.75) is 0 Å². The molecule has 0 aromatic heterocycles. The standard InChI is InChI=1S/C17H12O/c1-3-14-5-4-6-16(13-14)8-7-15-9-11-17(18-2)12-10-15/h1,4-6,9-13H,2H3. The van der Waals surface area contributed by atoms with E-state index < -0.39 is 0 Å². The Bertz CT molecular complexity index is 634. The van der Waals surface area contributed by atoms with Gasteiger partial charge in [0.2, 0.25) is 0 Å². The van der Waals surface area contributed by atoms with Gasteiger partial charge in [0, 0.05) is 16.7 Å². The van der Waals surface area contributed by atoms with Gasteiger partial charge in [-0.25, -0.2) is 0 Å². The summed E-state index contributed by atoms with van der Waals surface area (Å²) in [7, 11) is 1.64. The van der Waals surface area contributed by atoms with Crippen molar-refractivity contribution in [3.8, 4) is 29.9 Å². The van der Waals surface area contributed by atoms with Crippen LogP contribution in [0.15, 0.2) is 48.5 Å². The molecule has 0 bridgehead atoms. The number of hydrogen-bond acceptors (Lipinski definition) is 1. The maximum Gasteiger partial charge on any atom is 0.118 e. The first kappa shape index (κ1) is 11.8. The van der Waals surface area contributed by atoms with Gasteiger partial charge in [-0.2, -0.15) is 0 Å². The molecule has 0 saturated heterocycles. The summed E-state index contributed by atoms with van der Waals surface area (Å²) in [4.78, 5) is 0. The van der Waals surface area contributed by atoms with E-state index >= 15 is 0 Å². The number of benzene rings is 2. The molecule has 0 heterocycles. The first-order valence-corrected chi connectivity index (χ1v) is 5.54. The predicted molar refractivity (Wildman–Crippen MR) is 73.4 cm³/mol. The fraction of sp³-hybridized carbons (Fsp3) is 0.0588. The highest BCUT2D eigenvalue weighted by molar-refractivity contribution is 5.47. The van der Waals surface area contributed by atoms with E-state index in [-0.39, 0.29) is 0 Å². The lowest BCUT2D eigenvalue weighted by Gasteiger charge is -1.97. The second kappa shape index (κ2) is 5.62. The zero-order valence-electron chi connectivity index (χ0n) is 10.1. The van der Waals surface area contributed by atoms with Crippen molar-refractivity contribution in [2.24, 2.45) is 0 Å². The molecule has 0 unspecified atom stereocenters. The molecule has 2 rings (SSSR count). The van der Waals surface area contributed by atoms with Gasteiger partial charge in [-0.15, -0.1) is 6.42 Å². The summed E-state index contributed by atoms with van der Waals surface area (Å²) in [6.45, 7) is 0. The molecule has 0 aliphatic carbocycles. The highest BCUT2D eigenvalue weighted by Gasteiger charge is 1.91. The summed E-state index contributed by atoms with van der Waals surface area (Å²) in [5.74, 6) is 9.60. The molecule has 2 aromatic carbocycles. The summed E-state index contributed by atoms with van der Waals surface area (Å²) >= 11 is 0. The third-order valence-corrected chi connectivity index (χ3v) is 2.47. The molecule has 0 fully saturated rings. The van der Waals surface area contributed by atoms with Gasteiger partial charge < -0.3 is 4.74 Å². The van der Waals surface area contributed by atoms with Crippen molar-refractivity contribution in [1.29, 1.82) is 0 Å². The van der Waals surface area contributed by atoms with Crippen molar-refractivity contribution in [1.82, 2.24) is 0 Å². The first-order valence-electron chi connectivity index (χ1n) is 5.54. The molecule has 86 valence electrons. The van der Waals surface area contributed by atoms with Gasteiger partial charge in [-0.3, -0.25) is 0 Å². The van der Waals surface area contributed by atoms with E-state index in [1.54, 1.807) is 7.11 Å². The molecule has 0 saturated carbocycles. The van der Waals surface area contributed by atoms with Gasteiger partial charge >= 0.3 is 0 Å². The minimum absolute atomic E-state index is 0.829.